The zero-order valence-electron chi connectivity index (χ0n) is 14.8. The van der Waals surface area contributed by atoms with Gasteiger partial charge in [0.15, 0.2) is 6.04 Å². The van der Waals surface area contributed by atoms with Gasteiger partial charge >= 0.3 is 6.03 Å². The summed E-state index contributed by atoms with van der Waals surface area (Å²) in [5, 5.41) is 7.06. The highest BCUT2D eigenvalue weighted by Gasteiger charge is 2.32. The Morgan fingerprint density at radius 1 is 1.15 bits per heavy atom. The molecule has 0 spiro atoms. The number of benzene rings is 2. The van der Waals surface area contributed by atoms with Crippen LogP contribution in [0.5, 0.6) is 5.75 Å². The van der Waals surface area contributed by atoms with Crippen LogP contribution in [0.4, 0.5) is 4.79 Å². The summed E-state index contributed by atoms with van der Waals surface area (Å²) in [5.41, 5.74) is 1.93. The number of hydrogen-bond acceptors (Lipinski definition) is 3. The van der Waals surface area contributed by atoms with Gasteiger partial charge in [-0.3, -0.25) is 10.1 Å². The number of carbonyl (C=O) groups is 2. The van der Waals surface area contributed by atoms with Crippen LogP contribution < -0.4 is 20.7 Å². The molecule has 3 rings (SSSR count). The SMILES string of the molecule is CCNC(=O)NC(=O)[C@H]([NH2+][C@H]1CCOc2ccccc21)c1ccccc1. The maximum Gasteiger partial charge on any atom is 0.321 e. The Bertz CT molecular complexity index is 764. The van der Waals surface area contributed by atoms with E-state index in [0.717, 1.165) is 23.3 Å². The first-order chi connectivity index (χ1) is 12.7. The van der Waals surface area contributed by atoms with Crippen molar-refractivity contribution in [2.75, 3.05) is 13.2 Å². The van der Waals surface area contributed by atoms with Crippen molar-refractivity contribution < 1.29 is 19.6 Å². The maximum atomic E-state index is 12.8. The number of nitrogens with one attached hydrogen (secondary N) is 2. The Balaban J connectivity index is 1.83. The first-order valence-electron chi connectivity index (χ1n) is 8.89. The van der Waals surface area contributed by atoms with E-state index >= 15 is 0 Å². The molecule has 2 aromatic rings. The quantitative estimate of drug-likeness (QED) is 0.763. The summed E-state index contributed by atoms with van der Waals surface area (Å²) in [4.78, 5) is 24.6. The minimum absolute atomic E-state index is 0.0881. The van der Waals surface area contributed by atoms with E-state index in [1.807, 2.05) is 66.8 Å². The molecule has 0 aromatic heterocycles. The summed E-state index contributed by atoms with van der Waals surface area (Å²) >= 11 is 0. The number of urea groups is 1. The van der Waals surface area contributed by atoms with Gasteiger partial charge in [-0.25, -0.2) is 4.79 Å². The minimum Gasteiger partial charge on any atom is -0.493 e. The molecule has 6 nitrogen and oxygen atoms in total. The van der Waals surface area contributed by atoms with Crippen molar-refractivity contribution in [3.05, 3.63) is 65.7 Å². The number of ether oxygens (including phenoxy) is 1. The fraction of sp³-hybridized carbons (Fsp3) is 0.300. The number of rotatable bonds is 5. The van der Waals surface area contributed by atoms with E-state index in [2.05, 4.69) is 10.6 Å². The fourth-order valence-corrected chi connectivity index (χ4v) is 3.21. The Kier molecular flexibility index (Phi) is 5.86. The summed E-state index contributed by atoms with van der Waals surface area (Å²) in [6, 6.07) is 16.5. The van der Waals surface area contributed by atoms with E-state index in [1.54, 1.807) is 0 Å². The highest BCUT2D eigenvalue weighted by Crippen LogP contribution is 2.29. The normalized spacial score (nSPS) is 16.7. The van der Waals surface area contributed by atoms with Crippen molar-refractivity contribution in [2.24, 2.45) is 0 Å². The Labute approximate surface area is 152 Å². The van der Waals surface area contributed by atoms with Crippen LogP contribution in [0, 0.1) is 0 Å². The van der Waals surface area contributed by atoms with Crippen molar-refractivity contribution in [1.82, 2.24) is 10.6 Å². The first kappa shape index (κ1) is 17.9. The Hall–Kier alpha value is -2.86. The molecule has 136 valence electrons. The minimum atomic E-state index is -0.519. The largest absolute Gasteiger partial charge is 0.493 e. The van der Waals surface area contributed by atoms with Crippen LogP contribution in [0.1, 0.15) is 36.6 Å². The van der Waals surface area contributed by atoms with Crippen molar-refractivity contribution in [2.45, 2.75) is 25.4 Å². The predicted octanol–water partition coefficient (Wildman–Crippen LogP) is 1.66. The number of quaternary nitrogens is 1. The molecule has 3 amide bonds. The molecule has 0 unspecified atom stereocenters. The lowest BCUT2D eigenvalue weighted by molar-refractivity contribution is -0.723. The maximum absolute atomic E-state index is 12.8. The van der Waals surface area contributed by atoms with Gasteiger partial charge in [0.25, 0.3) is 5.91 Å². The number of para-hydroxylation sites is 1. The third-order valence-corrected chi connectivity index (χ3v) is 4.44. The molecule has 0 bridgehead atoms. The third kappa shape index (κ3) is 4.21. The van der Waals surface area contributed by atoms with Gasteiger partial charge in [-0.05, 0) is 19.1 Å². The average molecular weight is 354 g/mol. The molecule has 26 heavy (non-hydrogen) atoms. The van der Waals surface area contributed by atoms with Crippen LogP contribution in [0.3, 0.4) is 0 Å². The lowest BCUT2D eigenvalue weighted by atomic mass is 9.97. The fourth-order valence-electron chi connectivity index (χ4n) is 3.21. The third-order valence-electron chi connectivity index (χ3n) is 4.44. The molecule has 4 N–H and O–H groups in total. The van der Waals surface area contributed by atoms with Gasteiger partial charge in [0, 0.05) is 18.5 Å². The van der Waals surface area contributed by atoms with E-state index in [9.17, 15) is 9.59 Å². The summed E-state index contributed by atoms with van der Waals surface area (Å²) in [6.45, 7) is 2.88. The van der Waals surface area contributed by atoms with E-state index in [1.165, 1.54) is 0 Å². The molecule has 0 saturated carbocycles. The van der Waals surface area contributed by atoms with Gasteiger partial charge in [-0.1, -0.05) is 42.5 Å². The van der Waals surface area contributed by atoms with Crippen LogP contribution in [-0.2, 0) is 4.79 Å². The molecule has 1 aliphatic heterocycles. The van der Waals surface area contributed by atoms with Gasteiger partial charge in [-0.15, -0.1) is 0 Å². The molecule has 1 heterocycles. The summed E-state index contributed by atoms with van der Waals surface area (Å²) in [6.07, 6.45) is 0.800. The van der Waals surface area contributed by atoms with Gasteiger partial charge in [0.2, 0.25) is 0 Å². The number of nitrogens with two attached hydrogens (primary N) is 1. The zero-order valence-corrected chi connectivity index (χ0v) is 14.8. The molecule has 0 radical (unpaired) electrons. The highest BCUT2D eigenvalue weighted by atomic mass is 16.5. The van der Waals surface area contributed by atoms with Gasteiger partial charge < -0.3 is 15.4 Å². The van der Waals surface area contributed by atoms with E-state index in [4.69, 9.17) is 4.74 Å². The smallest absolute Gasteiger partial charge is 0.321 e. The molecule has 1 aliphatic rings. The second kappa shape index (κ2) is 8.49. The van der Waals surface area contributed by atoms with Crippen molar-refractivity contribution in [3.63, 3.8) is 0 Å². The average Bonchev–Trinajstić information content (AvgIpc) is 2.67. The topological polar surface area (TPSA) is 84.0 Å². The lowest BCUT2D eigenvalue weighted by Crippen LogP contribution is -2.89. The van der Waals surface area contributed by atoms with E-state index in [0.29, 0.717) is 13.2 Å². The van der Waals surface area contributed by atoms with Crippen LogP contribution in [0.2, 0.25) is 0 Å². The predicted molar refractivity (Wildman–Crippen MR) is 97.6 cm³/mol. The van der Waals surface area contributed by atoms with Crippen LogP contribution in [-0.4, -0.2) is 25.1 Å². The number of amides is 3. The summed E-state index contributed by atoms with van der Waals surface area (Å²) in [5.74, 6) is 0.530. The van der Waals surface area contributed by atoms with Crippen molar-refractivity contribution in [1.29, 1.82) is 0 Å². The molecular weight excluding hydrogens is 330 g/mol. The first-order valence-corrected chi connectivity index (χ1v) is 8.89. The number of fused-ring (bicyclic) bond motifs is 1. The van der Waals surface area contributed by atoms with Crippen molar-refractivity contribution >= 4 is 11.9 Å². The molecule has 6 heteroatoms. The van der Waals surface area contributed by atoms with E-state index in [-0.39, 0.29) is 11.9 Å². The highest BCUT2D eigenvalue weighted by molar-refractivity contribution is 5.96. The number of carbonyl (C=O) groups excluding carboxylic acids is 2. The molecule has 0 fully saturated rings. The van der Waals surface area contributed by atoms with Crippen LogP contribution in [0.15, 0.2) is 54.6 Å². The standard InChI is InChI=1S/C20H23N3O3/c1-2-21-20(25)23-19(24)18(14-8-4-3-5-9-14)22-16-12-13-26-17-11-7-6-10-15(16)17/h3-11,16,18,22H,2,12-13H2,1H3,(H2,21,23,24,25)/p+1/t16-,18+/m0/s1. The number of hydrogen-bond donors (Lipinski definition) is 3. The molecular formula is C20H24N3O3+. The molecule has 0 aliphatic carbocycles. The van der Waals surface area contributed by atoms with Crippen molar-refractivity contribution in [3.8, 4) is 5.75 Å². The second-order valence-electron chi connectivity index (χ2n) is 6.21. The monoisotopic (exact) mass is 354 g/mol. The number of imide groups is 1. The summed E-state index contributed by atoms with van der Waals surface area (Å²) in [7, 11) is 0. The molecule has 2 aromatic carbocycles. The van der Waals surface area contributed by atoms with E-state index < -0.39 is 12.1 Å². The van der Waals surface area contributed by atoms with Gasteiger partial charge in [0.05, 0.1) is 12.2 Å². The summed E-state index contributed by atoms with van der Waals surface area (Å²) < 4.78 is 5.71. The van der Waals surface area contributed by atoms with Crippen LogP contribution in [0.25, 0.3) is 0 Å². The Morgan fingerprint density at radius 3 is 2.65 bits per heavy atom. The Morgan fingerprint density at radius 2 is 1.88 bits per heavy atom. The molecule has 0 saturated heterocycles. The zero-order chi connectivity index (χ0) is 18.4. The lowest BCUT2D eigenvalue weighted by Gasteiger charge is -2.27. The second-order valence-corrected chi connectivity index (χ2v) is 6.21. The molecule has 2 atom stereocenters. The van der Waals surface area contributed by atoms with Crippen LogP contribution >= 0.6 is 0 Å². The van der Waals surface area contributed by atoms with Gasteiger partial charge in [0.1, 0.15) is 11.8 Å². The van der Waals surface area contributed by atoms with Gasteiger partial charge in [-0.2, -0.15) is 0 Å².